The first kappa shape index (κ1) is 23.8. The Morgan fingerprint density at radius 2 is 1.64 bits per heavy atom. The van der Waals surface area contributed by atoms with Crippen molar-refractivity contribution in [3.8, 4) is 11.5 Å². The number of non-ortho nitro benzene ring substituents is 1. The van der Waals surface area contributed by atoms with Gasteiger partial charge in [-0.15, -0.1) is 5.73 Å². The van der Waals surface area contributed by atoms with Crippen LogP contribution in [0.25, 0.3) is 0 Å². The molecule has 0 fully saturated rings. The van der Waals surface area contributed by atoms with E-state index in [4.69, 9.17) is 4.74 Å². The number of aliphatic hydroxyl groups is 2. The second-order valence-electron chi connectivity index (χ2n) is 7.43. The number of hydrogen-bond acceptors (Lipinski definition) is 6. The average Bonchev–Trinajstić information content (AvgIpc) is 2.83. The molecule has 0 aliphatic heterocycles. The molecule has 0 radical (unpaired) electrons. The summed E-state index contributed by atoms with van der Waals surface area (Å²) in [5, 5.41) is 41.8. The van der Waals surface area contributed by atoms with Crippen LogP contribution in [0.5, 0.6) is 11.5 Å². The van der Waals surface area contributed by atoms with Crippen LogP contribution in [0.2, 0.25) is 0 Å². The number of nitro groups is 1. The van der Waals surface area contributed by atoms with Gasteiger partial charge in [0.25, 0.3) is 5.69 Å². The molecule has 3 rings (SSSR count). The SMILES string of the molecule is O=[N+]([O-])c1ccc([C@H](O)CC(=C=CC[C@@H](O)c2ccccc2O)COc2ccccc2)cc1. The number of benzene rings is 3. The first-order chi connectivity index (χ1) is 15.9. The van der Waals surface area contributed by atoms with Crippen molar-refractivity contribution in [1.82, 2.24) is 0 Å². The number of ether oxygens (including phenoxy) is 1. The molecule has 0 aliphatic carbocycles. The van der Waals surface area contributed by atoms with E-state index in [1.54, 1.807) is 24.3 Å². The highest BCUT2D eigenvalue weighted by atomic mass is 16.6. The quantitative estimate of drug-likeness (QED) is 0.229. The Bertz CT molecular complexity index is 1120. The van der Waals surface area contributed by atoms with Crippen molar-refractivity contribution in [2.75, 3.05) is 6.61 Å². The number of nitrogens with zero attached hydrogens (tertiary/aromatic N) is 1. The molecule has 3 aromatic carbocycles. The highest BCUT2D eigenvalue weighted by molar-refractivity contribution is 5.35. The van der Waals surface area contributed by atoms with E-state index in [0.29, 0.717) is 22.4 Å². The van der Waals surface area contributed by atoms with Gasteiger partial charge in [0.2, 0.25) is 0 Å². The fourth-order valence-corrected chi connectivity index (χ4v) is 3.23. The number of phenolic OH excluding ortho intramolecular Hbond substituents is 1. The van der Waals surface area contributed by atoms with Gasteiger partial charge in [0.1, 0.15) is 18.1 Å². The zero-order valence-electron chi connectivity index (χ0n) is 17.9. The zero-order valence-corrected chi connectivity index (χ0v) is 17.9. The molecule has 0 unspecified atom stereocenters. The molecule has 0 spiro atoms. The number of hydrogen-bond donors (Lipinski definition) is 3. The molecular weight excluding hydrogens is 422 g/mol. The Hall–Kier alpha value is -3.90. The van der Waals surface area contributed by atoms with Gasteiger partial charge in [-0.3, -0.25) is 10.1 Å². The summed E-state index contributed by atoms with van der Waals surface area (Å²) in [6, 6.07) is 21.5. The van der Waals surface area contributed by atoms with Crippen LogP contribution in [-0.4, -0.2) is 26.8 Å². The van der Waals surface area contributed by atoms with Crippen molar-refractivity contribution < 1.29 is 25.0 Å². The van der Waals surface area contributed by atoms with Crippen LogP contribution in [0.3, 0.4) is 0 Å². The number of nitro benzene ring substituents is 1. The Morgan fingerprint density at radius 3 is 2.30 bits per heavy atom. The van der Waals surface area contributed by atoms with Gasteiger partial charge >= 0.3 is 0 Å². The van der Waals surface area contributed by atoms with Crippen LogP contribution in [0.15, 0.2) is 96.2 Å². The molecule has 0 bridgehead atoms. The maximum absolute atomic E-state index is 10.8. The molecule has 3 N–H and O–H groups in total. The maximum Gasteiger partial charge on any atom is 0.269 e. The van der Waals surface area contributed by atoms with E-state index >= 15 is 0 Å². The van der Waals surface area contributed by atoms with Gasteiger partial charge in [0.05, 0.1) is 17.1 Å². The third kappa shape index (κ3) is 7.05. The van der Waals surface area contributed by atoms with E-state index in [0.717, 1.165) is 0 Å². The number of rotatable bonds is 10. The van der Waals surface area contributed by atoms with E-state index in [1.165, 1.54) is 30.3 Å². The maximum atomic E-state index is 10.8. The lowest BCUT2D eigenvalue weighted by atomic mass is 10.0. The van der Waals surface area contributed by atoms with E-state index < -0.39 is 17.1 Å². The summed E-state index contributed by atoms with van der Waals surface area (Å²) in [4.78, 5) is 10.4. The minimum atomic E-state index is -0.913. The Morgan fingerprint density at radius 1 is 0.970 bits per heavy atom. The van der Waals surface area contributed by atoms with Crippen molar-refractivity contribution >= 4 is 5.69 Å². The van der Waals surface area contributed by atoms with Gasteiger partial charge in [0.15, 0.2) is 0 Å². The lowest BCUT2D eigenvalue weighted by molar-refractivity contribution is -0.384. The normalized spacial score (nSPS) is 12.3. The van der Waals surface area contributed by atoms with E-state index in [9.17, 15) is 25.4 Å². The molecule has 0 aromatic heterocycles. The van der Waals surface area contributed by atoms with Gasteiger partial charge in [0, 0.05) is 36.1 Å². The topological polar surface area (TPSA) is 113 Å². The van der Waals surface area contributed by atoms with Crippen molar-refractivity contribution in [3.05, 3.63) is 117 Å². The monoisotopic (exact) mass is 447 g/mol. The molecule has 33 heavy (non-hydrogen) atoms. The minimum Gasteiger partial charge on any atom is -0.508 e. The highest BCUT2D eigenvalue weighted by Gasteiger charge is 2.14. The van der Waals surface area contributed by atoms with Crippen LogP contribution in [0.1, 0.15) is 36.2 Å². The minimum absolute atomic E-state index is 0.0172. The van der Waals surface area contributed by atoms with Gasteiger partial charge in [-0.25, -0.2) is 0 Å². The fraction of sp³-hybridized carbons (Fsp3) is 0.192. The molecule has 7 nitrogen and oxygen atoms in total. The molecular formula is C26H25NO6. The van der Waals surface area contributed by atoms with Gasteiger partial charge in [-0.2, -0.15) is 0 Å². The van der Waals surface area contributed by atoms with E-state index in [2.05, 4.69) is 5.73 Å². The summed E-state index contributed by atoms with van der Waals surface area (Å²) < 4.78 is 5.79. The van der Waals surface area contributed by atoms with Crippen LogP contribution in [-0.2, 0) is 0 Å². The second kappa shape index (κ2) is 11.6. The largest absolute Gasteiger partial charge is 0.508 e. The predicted octanol–water partition coefficient (Wildman–Crippen LogP) is 5.01. The Labute approximate surface area is 191 Å². The summed E-state index contributed by atoms with van der Waals surface area (Å²) in [7, 11) is 0. The van der Waals surface area contributed by atoms with Crippen LogP contribution >= 0.6 is 0 Å². The average molecular weight is 447 g/mol. The number of aromatic hydroxyl groups is 1. The summed E-state index contributed by atoms with van der Waals surface area (Å²) in [6.45, 7) is 0.164. The molecule has 0 heterocycles. The zero-order chi connectivity index (χ0) is 23.6. The molecule has 0 saturated carbocycles. The van der Waals surface area contributed by atoms with Crippen molar-refractivity contribution in [2.45, 2.75) is 25.0 Å². The summed E-state index contributed by atoms with van der Waals surface area (Å²) >= 11 is 0. The molecule has 170 valence electrons. The standard InChI is InChI=1S/C26H25NO6/c28-24-11-5-4-10-23(24)25(29)12-6-7-19(18-33-22-8-2-1-3-9-22)17-26(30)20-13-15-21(16-14-20)27(31)32/h1-6,8-11,13-16,25-26,28-30H,12,17-18H2/t7?,25-,26-/m1/s1. The van der Waals surface area contributed by atoms with Crippen LogP contribution in [0, 0.1) is 10.1 Å². The second-order valence-corrected chi connectivity index (χ2v) is 7.43. The summed E-state index contributed by atoms with van der Waals surface area (Å²) in [6.07, 6.45) is 0.218. The van der Waals surface area contributed by atoms with Gasteiger partial charge in [-0.1, -0.05) is 36.4 Å². The summed E-state index contributed by atoms with van der Waals surface area (Å²) in [5.74, 6) is 0.680. The number of para-hydroxylation sites is 2. The first-order valence-electron chi connectivity index (χ1n) is 10.4. The van der Waals surface area contributed by atoms with Crippen molar-refractivity contribution in [1.29, 1.82) is 0 Å². The lowest BCUT2D eigenvalue weighted by Gasteiger charge is -2.14. The Kier molecular flexibility index (Phi) is 8.38. The van der Waals surface area contributed by atoms with E-state index in [-0.39, 0.29) is 30.9 Å². The molecule has 3 aromatic rings. The number of phenols is 1. The van der Waals surface area contributed by atoms with Crippen LogP contribution in [0.4, 0.5) is 5.69 Å². The molecule has 0 amide bonds. The first-order valence-corrected chi connectivity index (χ1v) is 10.4. The summed E-state index contributed by atoms with van der Waals surface area (Å²) in [5.41, 5.74) is 4.65. The predicted molar refractivity (Wildman–Crippen MR) is 124 cm³/mol. The molecule has 0 saturated heterocycles. The van der Waals surface area contributed by atoms with Gasteiger partial charge in [-0.05, 0) is 42.0 Å². The Balaban J connectivity index is 1.75. The van der Waals surface area contributed by atoms with Crippen molar-refractivity contribution in [2.24, 2.45) is 0 Å². The number of aliphatic hydroxyl groups excluding tert-OH is 2. The smallest absolute Gasteiger partial charge is 0.269 e. The highest BCUT2D eigenvalue weighted by Crippen LogP contribution is 2.27. The lowest BCUT2D eigenvalue weighted by Crippen LogP contribution is -2.06. The third-order valence-corrected chi connectivity index (χ3v) is 5.03. The molecule has 7 heteroatoms. The third-order valence-electron chi connectivity index (χ3n) is 5.03. The van der Waals surface area contributed by atoms with E-state index in [1.807, 2.05) is 30.3 Å². The molecule has 0 aliphatic rings. The van der Waals surface area contributed by atoms with Crippen LogP contribution < -0.4 is 4.74 Å². The molecule has 2 atom stereocenters. The fourth-order valence-electron chi connectivity index (χ4n) is 3.23. The van der Waals surface area contributed by atoms with Gasteiger partial charge < -0.3 is 20.1 Å². The van der Waals surface area contributed by atoms with Crippen molar-refractivity contribution in [3.63, 3.8) is 0 Å².